The number of rotatable bonds is 5. The molecule has 6 heteroatoms. The number of allylic oxidation sites excluding steroid dienone is 3. The second-order valence-electron chi connectivity index (χ2n) is 7.53. The van der Waals surface area contributed by atoms with Gasteiger partial charge in [0.1, 0.15) is 0 Å². The van der Waals surface area contributed by atoms with E-state index >= 15 is 0 Å². The number of thiophene rings is 1. The zero-order valence-electron chi connectivity index (χ0n) is 17.4. The fourth-order valence-corrected chi connectivity index (χ4v) is 5.61. The molecule has 0 saturated heterocycles. The minimum atomic E-state index is -0.395. The number of carbonyl (C=O) groups is 2. The zero-order valence-corrected chi connectivity index (χ0v) is 19.0. The average Bonchev–Trinajstić information content (AvgIpc) is 3.28. The third-order valence-corrected chi connectivity index (χ3v) is 7.50. The van der Waals surface area contributed by atoms with Crippen LogP contribution < -0.4 is 5.32 Å². The highest BCUT2D eigenvalue weighted by Crippen LogP contribution is 2.46. The van der Waals surface area contributed by atoms with Gasteiger partial charge in [0.15, 0.2) is 5.78 Å². The summed E-state index contributed by atoms with van der Waals surface area (Å²) in [5, 5.41) is 5.44. The molecule has 30 heavy (non-hydrogen) atoms. The van der Waals surface area contributed by atoms with Crippen LogP contribution in [0.25, 0.3) is 0 Å². The molecule has 1 N–H and O–H groups in total. The second-order valence-corrected chi connectivity index (χ2v) is 9.39. The molecule has 4 rings (SSSR count). The summed E-state index contributed by atoms with van der Waals surface area (Å²) < 4.78 is 5.37. The average molecular weight is 440 g/mol. The highest BCUT2D eigenvalue weighted by atomic mass is 32.2. The first-order valence-corrected chi connectivity index (χ1v) is 12.2. The number of thioether (sulfide) groups is 1. The van der Waals surface area contributed by atoms with E-state index in [4.69, 9.17) is 4.74 Å². The standard InChI is InChI=1S/C24H25NO3S2/c1-4-28-24(27)21-14(2)25-18-12-16(20-6-5-11-30-20)13-19(26)23(18)22(21)15-7-9-17(29-3)10-8-15/h5-11,16,22,25H,4,12-13H2,1-3H3. The predicted molar refractivity (Wildman–Crippen MR) is 122 cm³/mol. The van der Waals surface area contributed by atoms with Gasteiger partial charge in [-0.05, 0) is 55.7 Å². The number of carbonyl (C=O) groups excluding carboxylic acids is 2. The molecule has 0 radical (unpaired) electrons. The third kappa shape index (κ3) is 3.86. The Labute approximate surface area is 185 Å². The molecule has 0 spiro atoms. The van der Waals surface area contributed by atoms with E-state index < -0.39 is 5.92 Å². The van der Waals surface area contributed by atoms with Crippen molar-refractivity contribution in [3.05, 3.63) is 74.8 Å². The summed E-state index contributed by atoms with van der Waals surface area (Å²) in [7, 11) is 0. The number of dihydropyridines is 1. The van der Waals surface area contributed by atoms with Crippen LogP contribution in [0.15, 0.2) is 69.2 Å². The van der Waals surface area contributed by atoms with Crippen molar-refractivity contribution < 1.29 is 14.3 Å². The summed E-state index contributed by atoms with van der Waals surface area (Å²) in [5.41, 5.74) is 3.91. The van der Waals surface area contributed by atoms with E-state index in [0.717, 1.165) is 28.3 Å². The lowest BCUT2D eigenvalue weighted by Gasteiger charge is -2.36. The van der Waals surface area contributed by atoms with Crippen LogP contribution in [0.4, 0.5) is 0 Å². The first kappa shape index (κ1) is 20.9. The van der Waals surface area contributed by atoms with Gasteiger partial charge in [0.25, 0.3) is 0 Å². The maximum atomic E-state index is 13.4. The molecule has 1 aliphatic heterocycles. The van der Waals surface area contributed by atoms with E-state index in [1.807, 2.05) is 43.5 Å². The van der Waals surface area contributed by atoms with Crippen LogP contribution in [0.1, 0.15) is 49.0 Å². The first-order valence-electron chi connectivity index (χ1n) is 10.1. The molecule has 1 aromatic carbocycles. The van der Waals surface area contributed by atoms with Crippen LogP contribution in [-0.2, 0) is 14.3 Å². The predicted octanol–water partition coefficient (Wildman–Crippen LogP) is 5.39. The van der Waals surface area contributed by atoms with Crippen LogP contribution in [0, 0.1) is 0 Å². The van der Waals surface area contributed by atoms with Gasteiger partial charge < -0.3 is 10.1 Å². The number of ether oxygens (including phenoxy) is 1. The molecule has 2 unspecified atom stereocenters. The van der Waals surface area contributed by atoms with Gasteiger partial charge in [-0.1, -0.05) is 18.2 Å². The quantitative estimate of drug-likeness (QED) is 0.500. The minimum absolute atomic E-state index is 0.107. The molecule has 1 aromatic heterocycles. The van der Waals surface area contributed by atoms with Gasteiger partial charge in [-0.15, -0.1) is 23.1 Å². The van der Waals surface area contributed by atoms with Crippen LogP contribution in [-0.4, -0.2) is 24.6 Å². The Hall–Kier alpha value is -2.31. The summed E-state index contributed by atoms with van der Waals surface area (Å²) in [5.74, 6) is -0.468. The summed E-state index contributed by atoms with van der Waals surface area (Å²) in [6.45, 7) is 4.00. The van der Waals surface area contributed by atoms with E-state index in [-0.39, 0.29) is 17.7 Å². The van der Waals surface area contributed by atoms with Crippen LogP contribution in [0.5, 0.6) is 0 Å². The molecule has 1 aliphatic carbocycles. The van der Waals surface area contributed by atoms with Crippen molar-refractivity contribution in [2.75, 3.05) is 12.9 Å². The fourth-order valence-electron chi connectivity index (χ4n) is 4.37. The molecule has 0 bridgehead atoms. The molecule has 0 saturated carbocycles. The Morgan fingerprint density at radius 2 is 2.00 bits per heavy atom. The maximum Gasteiger partial charge on any atom is 0.336 e. The van der Waals surface area contributed by atoms with Crippen LogP contribution in [0.3, 0.4) is 0 Å². The topological polar surface area (TPSA) is 55.4 Å². The highest BCUT2D eigenvalue weighted by Gasteiger charge is 2.41. The van der Waals surface area contributed by atoms with Crippen molar-refractivity contribution in [1.29, 1.82) is 0 Å². The van der Waals surface area contributed by atoms with E-state index in [9.17, 15) is 9.59 Å². The number of ketones is 1. The van der Waals surface area contributed by atoms with Crippen molar-refractivity contribution in [3.63, 3.8) is 0 Å². The normalized spacial score (nSPS) is 21.4. The summed E-state index contributed by atoms with van der Waals surface area (Å²) in [4.78, 5) is 28.7. The van der Waals surface area contributed by atoms with Gasteiger partial charge in [-0.3, -0.25) is 4.79 Å². The lowest BCUT2D eigenvalue weighted by atomic mass is 9.72. The van der Waals surface area contributed by atoms with E-state index in [0.29, 0.717) is 24.2 Å². The number of esters is 1. The summed E-state index contributed by atoms with van der Waals surface area (Å²) in [6, 6.07) is 12.3. The zero-order chi connectivity index (χ0) is 21.3. The van der Waals surface area contributed by atoms with Crippen molar-refractivity contribution in [2.24, 2.45) is 0 Å². The maximum absolute atomic E-state index is 13.4. The molecular formula is C24H25NO3S2. The van der Waals surface area contributed by atoms with Gasteiger partial charge in [-0.25, -0.2) is 4.79 Å². The first-order chi connectivity index (χ1) is 14.5. The van der Waals surface area contributed by atoms with Gasteiger partial charge >= 0.3 is 5.97 Å². The Morgan fingerprint density at radius 3 is 2.63 bits per heavy atom. The number of nitrogens with one attached hydrogen (secondary N) is 1. The molecule has 4 nitrogen and oxygen atoms in total. The van der Waals surface area contributed by atoms with Crippen molar-refractivity contribution in [1.82, 2.24) is 5.32 Å². The lowest BCUT2D eigenvalue weighted by Crippen LogP contribution is -2.36. The smallest absolute Gasteiger partial charge is 0.336 e. The molecule has 2 aliphatic rings. The number of Topliss-reactive ketones (excluding diaryl/α,β-unsaturated/α-hetero) is 1. The second kappa shape index (κ2) is 8.82. The molecule has 0 amide bonds. The van der Waals surface area contributed by atoms with Gasteiger partial charge in [0, 0.05) is 45.0 Å². The van der Waals surface area contributed by atoms with Gasteiger partial charge in [0.05, 0.1) is 12.2 Å². The minimum Gasteiger partial charge on any atom is -0.463 e. The van der Waals surface area contributed by atoms with Gasteiger partial charge in [0.2, 0.25) is 0 Å². The molecule has 0 fully saturated rings. The van der Waals surface area contributed by atoms with E-state index in [1.54, 1.807) is 30.0 Å². The number of hydrogen-bond acceptors (Lipinski definition) is 6. The van der Waals surface area contributed by atoms with Crippen molar-refractivity contribution in [2.45, 2.75) is 43.4 Å². The van der Waals surface area contributed by atoms with Crippen LogP contribution in [0.2, 0.25) is 0 Å². The summed E-state index contributed by atoms with van der Waals surface area (Å²) >= 11 is 3.36. The number of hydrogen-bond donors (Lipinski definition) is 1. The fraction of sp³-hybridized carbons (Fsp3) is 0.333. The Balaban J connectivity index is 1.80. The lowest BCUT2D eigenvalue weighted by molar-refractivity contribution is -0.138. The largest absolute Gasteiger partial charge is 0.463 e. The number of benzene rings is 1. The molecular weight excluding hydrogens is 414 g/mol. The molecule has 2 aromatic rings. The molecule has 2 atom stereocenters. The van der Waals surface area contributed by atoms with Crippen LogP contribution >= 0.6 is 23.1 Å². The van der Waals surface area contributed by atoms with Gasteiger partial charge in [-0.2, -0.15) is 0 Å². The van der Waals surface area contributed by atoms with Crippen molar-refractivity contribution in [3.8, 4) is 0 Å². The Morgan fingerprint density at radius 1 is 1.23 bits per heavy atom. The third-order valence-electron chi connectivity index (χ3n) is 5.72. The monoisotopic (exact) mass is 439 g/mol. The van der Waals surface area contributed by atoms with Crippen molar-refractivity contribution >= 4 is 34.9 Å². The SMILES string of the molecule is CCOC(=O)C1=C(C)NC2=C(C(=O)CC(c3cccs3)C2)C1c1ccc(SC)cc1. The Bertz CT molecular complexity index is 1020. The van der Waals surface area contributed by atoms with E-state index in [1.165, 1.54) is 4.88 Å². The highest BCUT2D eigenvalue weighted by molar-refractivity contribution is 7.98. The summed E-state index contributed by atoms with van der Waals surface area (Å²) in [6.07, 6.45) is 3.27. The Kier molecular flexibility index (Phi) is 6.16. The van der Waals surface area contributed by atoms with E-state index in [2.05, 4.69) is 16.8 Å². The molecule has 2 heterocycles. The molecule has 156 valence electrons.